The van der Waals surface area contributed by atoms with Crippen LogP contribution in [0.2, 0.25) is 0 Å². The second-order valence-corrected chi connectivity index (χ2v) is 4.07. The van der Waals surface area contributed by atoms with Gasteiger partial charge in [0.1, 0.15) is 5.75 Å². The van der Waals surface area contributed by atoms with E-state index in [1.807, 2.05) is 6.07 Å². The van der Waals surface area contributed by atoms with Crippen LogP contribution in [-0.4, -0.2) is 28.5 Å². The summed E-state index contributed by atoms with van der Waals surface area (Å²) in [5.74, 6) is 1.51. The molecule has 0 amide bonds. The van der Waals surface area contributed by atoms with Gasteiger partial charge in [-0.25, -0.2) is 0 Å². The first-order chi connectivity index (χ1) is 8.33. The van der Waals surface area contributed by atoms with Crippen LogP contribution in [0.15, 0.2) is 28.8 Å². The number of nitrogens with zero attached hydrogens (tertiary/aromatic N) is 2. The molecule has 3 rings (SSSR count). The van der Waals surface area contributed by atoms with Gasteiger partial charge in [0.05, 0.1) is 12.5 Å². The third kappa shape index (κ3) is 2.01. The van der Waals surface area contributed by atoms with E-state index in [-0.39, 0.29) is 11.7 Å². The Bertz CT molecular complexity index is 518. The molecule has 1 aliphatic heterocycles. The fourth-order valence-corrected chi connectivity index (χ4v) is 1.89. The molecule has 2 heterocycles. The Labute approximate surface area is 98.0 Å². The van der Waals surface area contributed by atoms with E-state index < -0.39 is 0 Å². The van der Waals surface area contributed by atoms with Crippen LogP contribution in [0.5, 0.6) is 5.75 Å². The van der Waals surface area contributed by atoms with Crippen molar-refractivity contribution in [2.75, 3.05) is 13.2 Å². The monoisotopic (exact) mass is 232 g/mol. The molecule has 0 bridgehead atoms. The summed E-state index contributed by atoms with van der Waals surface area (Å²) in [6.07, 6.45) is 0.918. The number of hydrogen-bond acceptors (Lipinski definition) is 5. The molecular weight excluding hydrogens is 220 g/mol. The summed E-state index contributed by atoms with van der Waals surface area (Å²) in [6.45, 7) is 1.39. The van der Waals surface area contributed by atoms with Gasteiger partial charge in [-0.2, -0.15) is 4.98 Å². The summed E-state index contributed by atoms with van der Waals surface area (Å²) < 4.78 is 10.5. The van der Waals surface area contributed by atoms with Gasteiger partial charge in [-0.3, -0.25) is 0 Å². The van der Waals surface area contributed by atoms with E-state index in [2.05, 4.69) is 10.1 Å². The SMILES string of the molecule is Oc1cccc(-c2noc(C3CCOC3)n2)c1. The number of phenolic OH excluding ortho intramolecular Hbond substituents is 1. The zero-order valence-electron chi connectivity index (χ0n) is 9.17. The third-order valence-corrected chi connectivity index (χ3v) is 2.83. The topological polar surface area (TPSA) is 68.4 Å². The lowest BCUT2D eigenvalue weighted by molar-refractivity contribution is 0.189. The fourth-order valence-electron chi connectivity index (χ4n) is 1.89. The van der Waals surface area contributed by atoms with Gasteiger partial charge in [0.15, 0.2) is 0 Å². The van der Waals surface area contributed by atoms with Crippen LogP contribution in [0, 0.1) is 0 Å². The van der Waals surface area contributed by atoms with Gasteiger partial charge in [0.25, 0.3) is 0 Å². The Morgan fingerprint density at radius 1 is 1.35 bits per heavy atom. The molecule has 1 N–H and O–H groups in total. The van der Waals surface area contributed by atoms with Crippen LogP contribution in [0.25, 0.3) is 11.4 Å². The minimum atomic E-state index is 0.193. The number of ether oxygens (including phenoxy) is 1. The van der Waals surface area contributed by atoms with Crippen LogP contribution in [0.1, 0.15) is 18.2 Å². The van der Waals surface area contributed by atoms with Crippen molar-refractivity contribution < 1.29 is 14.4 Å². The Hall–Kier alpha value is -1.88. The molecule has 1 aliphatic rings. The van der Waals surface area contributed by atoms with E-state index in [0.717, 1.165) is 18.6 Å². The summed E-state index contributed by atoms with van der Waals surface area (Å²) in [5.41, 5.74) is 0.749. The van der Waals surface area contributed by atoms with E-state index in [1.54, 1.807) is 18.2 Å². The van der Waals surface area contributed by atoms with E-state index in [1.165, 1.54) is 0 Å². The highest BCUT2D eigenvalue weighted by Gasteiger charge is 2.24. The molecule has 1 saturated heterocycles. The summed E-state index contributed by atoms with van der Waals surface area (Å²) in [7, 11) is 0. The zero-order chi connectivity index (χ0) is 11.7. The zero-order valence-corrected chi connectivity index (χ0v) is 9.17. The summed E-state index contributed by atoms with van der Waals surface area (Å²) in [6, 6.07) is 6.80. The highest BCUT2D eigenvalue weighted by Crippen LogP contribution is 2.26. The molecule has 17 heavy (non-hydrogen) atoms. The smallest absolute Gasteiger partial charge is 0.232 e. The van der Waals surface area contributed by atoms with Crippen LogP contribution in [0.4, 0.5) is 0 Å². The Balaban J connectivity index is 1.89. The first-order valence-corrected chi connectivity index (χ1v) is 5.54. The van der Waals surface area contributed by atoms with E-state index in [0.29, 0.717) is 18.3 Å². The van der Waals surface area contributed by atoms with Crippen LogP contribution >= 0.6 is 0 Å². The van der Waals surface area contributed by atoms with E-state index in [4.69, 9.17) is 9.26 Å². The second kappa shape index (κ2) is 4.18. The average molecular weight is 232 g/mol. The molecule has 5 nitrogen and oxygen atoms in total. The lowest BCUT2D eigenvalue weighted by Gasteiger charge is -1.97. The van der Waals surface area contributed by atoms with Gasteiger partial charge in [-0.05, 0) is 18.6 Å². The summed E-state index contributed by atoms with van der Waals surface area (Å²) >= 11 is 0. The lowest BCUT2D eigenvalue weighted by Crippen LogP contribution is -1.97. The average Bonchev–Trinajstić information content (AvgIpc) is 3.00. The van der Waals surface area contributed by atoms with Crippen molar-refractivity contribution in [1.82, 2.24) is 10.1 Å². The van der Waals surface area contributed by atoms with Crippen molar-refractivity contribution in [1.29, 1.82) is 0 Å². The third-order valence-electron chi connectivity index (χ3n) is 2.83. The van der Waals surface area contributed by atoms with Gasteiger partial charge < -0.3 is 14.4 Å². The highest BCUT2D eigenvalue weighted by atomic mass is 16.5. The van der Waals surface area contributed by atoms with Crippen molar-refractivity contribution in [3.8, 4) is 17.1 Å². The summed E-state index contributed by atoms with van der Waals surface area (Å²) in [4.78, 5) is 4.33. The number of rotatable bonds is 2. The Morgan fingerprint density at radius 3 is 3.06 bits per heavy atom. The minimum absolute atomic E-state index is 0.193. The van der Waals surface area contributed by atoms with Gasteiger partial charge in [0.2, 0.25) is 11.7 Å². The number of phenols is 1. The molecule has 0 aliphatic carbocycles. The van der Waals surface area contributed by atoms with Gasteiger partial charge in [0, 0.05) is 12.2 Å². The van der Waals surface area contributed by atoms with Gasteiger partial charge >= 0.3 is 0 Å². The van der Waals surface area contributed by atoms with Crippen molar-refractivity contribution in [2.45, 2.75) is 12.3 Å². The molecular formula is C12H12N2O3. The number of benzene rings is 1. The molecule has 1 aromatic heterocycles. The Kier molecular flexibility index (Phi) is 2.53. The number of hydrogen-bond donors (Lipinski definition) is 1. The quantitative estimate of drug-likeness (QED) is 0.857. The predicted octanol–water partition coefficient (Wildman–Crippen LogP) is 1.95. The lowest BCUT2D eigenvalue weighted by atomic mass is 10.1. The molecule has 1 atom stereocenters. The van der Waals surface area contributed by atoms with Crippen LogP contribution < -0.4 is 0 Å². The molecule has 1 unspecified atom stereocenters. The molecule has 0 spiro atoms. The van der Waals surface area contributed by atoms with E-state index in [9.17, 15) is 5.11 Å². The number of aromatic hydroxyl groups is 1. The molecule has 0 radical (unpaired) electrons. The van der Waals surface area contributed by atoms with E-state index >= 15 is 0 Å². The summed E-state index contributed by atoms with van der Waals surface area (Å²) in [5, 5.41) is 13.3. The van der Waals surface area contributed by atoms with Crippen LogP contribution in [0.3, 0.4) is 0 Å². The van der Waals surface area contributed by atoms with Crippen molar-refractivity contribution in [3.05, 3.63) is 30.2 Å². The fraction of sp³-hybridized carbons (Fsp3) is 0.333. The normalized spacial score (nSPS) is 19.6. The van der Waals surface area contributed by atoms with Gasteiger partial charge in [-0.1, -0.05) is 17.3 Å². The number of aromatic nitrogens is 2. The van der Waals surface area contributed by atoms with Crippen LogP contribution in [-0.2, 0) is 4.74 Å². The molecule has 2 aromatic rings. The first kappa shape index (κ1) is 10.3. The first-order valence-electron chi connectivity index (χ1n) is 5.54. The van der Waals surface area contributed by atoms with Crippen molar-refractivity contribution >= 4 is 0 Å². The maximum absolute atomic E-state index is 9.39. The largest absolute Gasteiger partial charge is 0.508 e. The standard InChI is InChI=1S/C12H12N2O3/c15-10-3-1-2-8(6-10)11-13-12(17-14-11)9-4-5-16-7-9/h1-3,6,9,15H,4-5,7H2. The molecule has 1 aromatic carbocycles. The Morgan fingerprint density at radius 2 is 2.29 bits per heavy atom. The maximum atomic E-state index is 9.39. The maximum Gasteiger partial charge on any atom is 0.232 e. The molecule has 1 fully saturated rings. The highest BCUT2D eigenvalue weighted by molar-refractivity contribution is 5.56. The molecule has 0 saturated carbocycles. The predicted molar refractivity (Wildman–Crippen MR) is 59.6 cm³/mol. The van der Waals surface area contributed by atoms with Crippen molar-refractivity contribution in [2.24, 2.45) is 0 Å². The van der Waals surface area contributed by atoms with Gasteiger partial charge in [-0.15, -0.1) is 0 Å². The second-order valence-electron chi connectivity index (χ2n) is 4.07. The molecule has 88 valence electrons. The minimum Gasteiger partial charge on any atom is -0.508 e. The molecule has 5 heteroatoms. The van der Waals surface area contributed by atoms with Crippen molar-refractivity contribution in [3.63, 3.8) is 0 Å².